The molecule has 122 valence electrons. The Kier molecular flexibility index (Phi) is 8.95. The van der Waals surface area contributed by atoms with E-state index in [1.807, 2.05) is 0 Å². The number of nitrogens with zero attached hydrogens (tertiary/aromatic N) is 1. The summed E-state index contributed by atoms with van der Waals surface area (Å²) in [6.07, 6.45) is 4.04. The maximum atomic E-state index is 11.3. The number of likely N-dealkylation sites (N-methyl/N-ethyl adjacent to an activating group) is 1. The van der Waals surface area contributed by atoms with Crippen LogP contribution in [0.1, 0.15) is 53.9 Å². The summed E-state index contributed by atoms with van der Waals surface area (Å²) in [6.45, 7) is 14.0. The van der Waals surface area contributed by atoms with Gasteiger partial charge in [0, 0.05) is 23.6 Å². The zero-order valence-electron chi connectivity index (χ0n) is 14.2. The number of rotatable bonds is 11. The Labute approximate surface area is 126 Å². The zero-order chi connectivity index (χ0) is 15.8. The molecule has 0 spiro atoms. The Morgan fingerprint density at radius 1 is 1.15 bits per heavy atom. The van der Waals surface area contributed by atoms with E-state index in [4.69, 9.17) is 0 Å². The Balaban J connectivity index is 4.75. The molecule has 0 rings (SSSR count). The van der Waals surface area contributed by atoms with Crippen molar-refractivity contribution in [3.63, 3.8) is 0 Å². The molecule has 0 aromatic rings. The van der Waals surface area contributed by atoms with E-state index in [0.29, 0.717) is 6.04 Å². The average molecular weight is 307 g/mol. The first-order chi connectivity index (χ1) is 9.19. The standard InChI is InChI=1S/C15H34N2O2S/c1-7-12-16-14(11-10-13-20(6,18)19)15(4,5)17(8-2)9-3/h14,16H,7-13H2,1-6H3. The molecule has 0 fully saturated rings. The fourth-order valence-corrected chi connectivity index (χ4v) is 3.52. The first kappa shape index (κ1) is 19.9. The summed E-state index contributed by atoms with van der Waals surface area (Å²) < 4.78 is 22.6. The van der Waals surface area contributed by atoms with Gasteiger partial charge in [0.2, 0.25) is 0 Å². The van der Waals surface area contributed by atoms with Crippen molar-refractivity contribution < 1.29 is 8.42 Å². The molecule has 0 bridgehead atoms. The Morgan fingerprint density at radius 2 is 1.70 bits per heavy atom. The van der Waals surface area contributed by atoms with Crippen molar-refractivity contribution in [1.29, 1.82) is 0 Å². The summed E-state index contributed by atoms with van der Waals surface area (Å²) in [5, 5.41) is 3.61. The summed E-state index contributed by atoms with van der Waals surface area (Å²) >= 11 is 0. The Morgan fingerprint density at radius 3 is 2.10 bits per heavy atom. The predicted molar refractivity (Wildman–Crippen MR) is 88.0 cm³/mol. The molecule has 0 aliphatic carbocycles. The molecule has 0 aromatic carbocycles. The van der Waals surface area contributed by atoms with Crippen molar-refractivity contribution >= 4 is 9.84 Å². The van der Waals surface area contributed by atoms with Gasteiger partial charge in [-0.1, -0.05) is 20.8 Å². The van der Waals surface area contributed by atoms with E-state index < -0.39 is 9.84 Å². The lowest BCUT2D eigenvalue weighted by atomic mass is 9.88. The lowest BCUT2D eigenvalue weighted by Gasteiger charge is -2.44. The quantitative estimate of drug-likeness (QED) is 0.636. The smallest absolute Gasteiger partial charge is 0.147 e. The van der Waals surface area contributed by atoms with Crippen LogP contribution in [0.2, 0.25) is 0 Å². The highest BCUT2D eigenvalue weighted by Crippen LogP contribution is 2.22. The minimum absolute atomic E-state index is 0.0379. The first-order valence-corrected chi connectivity index (χ1v) is 9.91. The third-order valence-corrected chi connectivity index (χ3v) is 5.11. The molecule has 0 saturated carbocycles. The van der Waals surface area contributed by atoms with Crippen molar-refractivity contribution in [3.8, 4) is 0 Å². The molecular weight excluding hydrogens is 272 g/mol. The second kappa shape index (κ2) is 9.00. The Bertz CT molecular complexity index is 349. The van der Waals surface area contributed by atoms with E-state index in [0.717, 1.165) is 38.9 Å². The topological polar surface area (TPSA) is 49.4 Å². The van der Waals surface area contributed by atoms with Crippen molar-refractivity contribution in [3.05, 3.63) is 0 Å². The van der Waals surface area contributed by atoms with Crippen LogP contribution in [-0.4, -0.2) is 56.5 Å². The molecule has 0 saturated heterocycles. The van der Waals surface area contributed by atoms with Crippen LogP contribution in [0.3, 0.4) is 0 Å². The van der Waals surface area contributed by atoms with Gasteiger partial charge in [-0.15, -0.1) is 0 Å². The second-order valence-electron chi connectivity index (χ2n) is 6.10. The predicted octanol–water partition coefficient (Wildman–Crippen LogP) is 2.30. The molecule has 4 nitrogen and oxygen atoms in total. The van der Waals surface area contributed by atoms with Crippen LogP contribution in [0.25, 0.3) is 0 Å². The highest BCUT2D eigenvalue weighted by atomic mass is 32.2. The highest BCUT2D eigenvalue weighted by Gasteiger charge is 2.33. The van der Waals surface area contributed by atoms with Crippen LogP contribution in [0.15, 0.2) is 0 Å². The van der Waals surface area contributed by atoms with Gasteiger partial charge in [0.1, 0.15) is 9.84 Å². The van der Waals surface area contributed by atoms with E-state index in [9.17, 15) is 8.42 Å². The third kappa shape index (κ3) is 7.04. The van der Waals surface area contributed by atoms with Crippen molar-refractivity contribution in [2.24, 2.45) is 0 Å². The molecule has 1 unspecified atom stereocenters. The molecule has 0 aliphatic heterocycles. The van der Waals surface area contributed by atoms with E-state index >= 15 is 0 Å². The normalized spacial score (nSPS) is 14.8. The monoisotopic (exact) mass is 306 g/mol. The fourth-order valence-electron chi connectivity index (χ4n) is 2.83. The van der Waals surface area contributed by atoms with Gasteiger partial charge < -0.3 is 5.32 Å². The molecule has 0 aliphatic rings. The van der Waals surface area contributed by atoms with Gasteiger partial charge in [-0.05, 0) is 52.7 Å². The number of hydrogen-bond acceptors (Lipinski definition) is 4. The van der Waals surface area contributed by atoms with Crippen LogP contribution >= 0.6 is 0 Å². The molecule has 0 amide bonds. The third-order valence-electron chi connectivity index (χ3n) is 4.08. The minimum Gasteiger partial charge on any atom is -0.312 e. The van der Waals surface area contributed by atoms with Crippen molar-refractivity contribution in [2.45, 2.75) is 65.5 Å². The SMILES string of the molecule is CCCNC(CCCS(C)(=O)=O)C(C)(C)N(CC)CC. The van der Waals surface area contributed by atoms with E-state index in [2.05, 4.69) is 44.8 Å². The summed E-state index contributed by atoms with van der Waals surface area (Å²) in [6, 6.07) is 0.323. The average Bonchev–Trinajstić information content (AvgIpc) is 2.33. The molecule has 1 atom stereocenters. The first-order valence-electron chi connectivity index (χ1n) is 7.85. The van der Waals surface area contributed by atoms with Crippen molar-refractivity contribution in [2.75, 3.05) is 31.6 Å². The largest absolute Gasteiger partial charge is 0.312 e. The Hall–Kier alpha value is -0.130. The van der Waals surface area contributed by atoms with Gasteiger partial charge in [0.05, 0.1) is 0 Å². The molecule has 20 heavy (non-hydrogen) atoms. The molecule has 0 radical (unpaired) electrons. The summed E-state index contributed by atoms with van der Waals surface area (Å²) in [7, 11) is -2.86. The van der Waals surface area contributed by atoms with Crippen LogP contribution in [0.5, 0.6) is 0 Å². The van der Waals surface area contributed by atoms with Gasteiger partial charge in [0.15, 0.2) is 0 Å². The van der Waals surface area contributed by atoms with Gasteiger partial charge in [-0.3, -0.25) is 4.90 Å². The lowest BCUT2D eigenvalue weighted by molar-refractivity contribution is 0.0872. The zero-order valence-corrected chi connectivity index (χ0v) is 15.0. The minimum atomic E-state index is -2.86. The maximum Gasteiger partial charge on any atom is 0.147 e. The van der Waals surface area contributed by atoms with Gasteiger partial charge in [-0.2, -0.15) is 0 Å². The lowest BCUT2D eigenvalue weighted by Crippen LogP contribution is -2.57. The molecular formula is C15H34N2O2S. The van der Waals surface area contributed by atoms with Gasteiger partial charge in [-0.25, -0.2) is 8.42 Å². The van der Waals surface area contributed by atoms with Crippen LogP contribution in [0.4, 0.5) is 0 Å². The van der Waals surface area contributed by atoms with Gasteiger partial charge in [0.25, 0.3) is 0 Å². The maximum absolute atomic E-state index is 11.3. The van der Waals surface area contributed by atoms with E-state index in [-0.39, 0.29) is 11.3 Å². The second-order valence-corrected chi connectivity index (χ2v) is 8.36. The number of nitrogens with one attached hydrogen (secondary N) is 1. The number of hydrogen-bond donors (Lipinski definition) is 1. The fraction of sp³-hybridized carbons (Fsp3) is 1.00. The highest BCUT2D eigenvalue weighted by molar-refractivity contribution is 7.90. The summed E-state index contributed by atoms with van der Waals surface area (Å²) in [5.74, 6) is 0.283. The van der Waals surface area contributed by atoms with Crippen LogP contribution in [0, 0.1) is 0 Å². The summed E-state index contributed by atoms with van der Waals surface area (Å²) in [4.78, 5) is 2.45. The van der Waals surface area contributed by atoms with E-state index in [1.165, 1.54) is 6.26 Å². The summed E-state index contributed by atoms with van der Waals surface area (Å²) in [5.41, 5.74) is 0.0379. The van der Waals surface area contributed by atoms with E-state index in [1.54, 1.807) is 0 Å². The molecule has 0 aromatic heterocycles. The van der Waals surface area contributed by atoms with Gasteiger partial charge >= 0.3 is 0 Å². The molecule has 0 heterocycles. The molecule has 1 N–H and O–H groups in total. The molecule has 5 heteroatoms. The number of sulfone groups is 1. The van der Waals surface area contributed by atoms with Crippen LogP contribution < -0.4 is 5.32 Å². The van der Waals surface area contributed by atoms with Crippen molar-refractivity contribution in [1.82, 2.24) is 10.2 Å². The van der Waals surface area contributed by atoms with Crippen LogP contribution in [-0.2, 0) is 9.84 Å².